The number of hydrogen-bond acceptors (Lipinski definition) is 5. The van der Waals surface area contributed by atoms with Gasteiger partial charge in [0.05, 0.1) is 24.1 Å². The van der Waals surface area contributed by atoms with Gasteiger partial charge in [-0.05, 0) is 26.0 Å². The lowest BCUT2D eigenvalue weighted by molar-refractivity contribution is 0.0410. The lowest BCUT2D eigenvalue weighted by Gasteiger charge is -2.26. The number of hydrogen-bond donors (Lipinski definition) is 0. The fourth-order valence-corrected chi connectivity index (χ4v) is 3.90. The van der Waals surface area contributed by atoms with Crippen LogP contribution in [0.3, 0.4) is 0 Å². The summed E-state index contributed by atoms with van der Waals surface area (Å²) in [7, 11) is 0. The Morgan fingerprint density at radius 2 is 2.00 bits per heavy atom. The number of fused-ring (bicyclic) bond motifs is 1. The summed E-state index contributed by atoms with van der Waals surface area (Å²) in [5.74, 6) is 0.928. The molecule has 23 heavy (non-hydrogen) atoms. The molecule has 0 unspecified atom stereocenters. The Morgan fingerprint density at radius 3 is 2.74 bits per heavy atom. The first kappa shape index (κ1) is 16.5. The molecule has 0 amide bonds. The zero-order chi connectivity index (χ0) is 16.2. The van der Waals surface area contributed by atoms with Crippen LogP contribution >= 0.6 is 11.8 Å². The quantitative estimate of drug-likeness (QED) is 0.621. The molecule has 3 rings (SSSR count). The second-order valence-corrected chi connectivity index (χ2v) is 7.04. The third kappa shape index (κ3) is 3.76. The molecule has 1 fully saturated rings. The van der Waals surface area contributed by atoms with Gasteiger partial charge in [0.1, 0.15) is 0 Å². The first-order chi connectivity index (χ1) is 11.2. The van der Waals surface area contributed by atoms with Crippen LogP contribution in [0.15, 0.2) is 34.2 Å². The van der Waals surface area contributed by atoms with Crippen molar-refractivity contribution in [2.24, 2.45) is 0 Å². The number of thioether (sulfide) groups is 1. The lowest BCUT2D eigenvalue weighted by Crippen LogP contribution is -2.37. The van der Waals surface area contributed by atoms with E-state index in [1.807, 2.05) is 42.7 Å². The highest BCUT2D eigenvalue weighted by Gasteiger charge is 2.15. The van der Waals surface area contributed by atoms with E-state index in [9.17, 15) is 4.79 Å². The minimum absolute atomic E-state index is 0.0551. The summed E-state index contributed by atoms with van der Waals surface area (Å²) in [4.78, 5) is 19.9. The fraction of sp³-hybridized carbons (Fsp3) is 0.529. The molecule has 0 radical (unpaired) electrons. The van der Waals surface area contributed by atoms with Crippen molar-refractivity contribution in [1.82, 2.24) is 14.5 Å². The summed E-state index contributed by atoms with van der Waals surface area (Å²) < 4.78 is 7.18. The number of benzene rings is 1. The molecule has 6 heteroatoms. The summed E-state index contributed by atoms with van der Waals surface area (Å²) in [5.41, 5.74) is 0.836. The topological polar surface area (TPSA) is 47.4 Å². The second-order valence-electron chi connectivity index (χ2n) is 5.98. The Hall–Kier alpha value is -1.37. The Kier molecular flexibility index (Phi) is 5.35. The van der Waals surface area contributed by atoms with Crippen LogP contribution in [-0.2, 0) is 4.74 Å². The average molecular weight is 333 g/mol. The third-order valence-electron chi connectivity index (χ3n) is 4.03. The van der Waals surface area contributed by atoms with Crippen LogP contribution < -0.4 is 5.56 Å². The van der Waals surface area contributed by atoms with Crippen LogP contribution in [0.5, 0.6) is 0 Å². The number of morpholine rings is 1. The summed E-state index contributed by atoms with van der Waals surface area (Å²) in [6, 6.07) is 7.68. The van der Waals surface area contributed by atoms with Crippen molar-refractivity contribution in [3.63, 3.8) is 0 Å². The normalized spacial score (nSPS) is 16.3. The van der Waals surface area contributed by atoms with Gasteiger partial charge in [0.25, 0.3) is 5.56 Å². The molecule has 1 aliphatic heterocycles. The lowest BCUT2D eigenvalue weighted by atomic mass is 10.2. The van der Waals surface area contributed by atoms with Gasteiger partial charge in [-0.2, -0.15) is 0 Å². The van der Waals surface area contributed by atoms with E-state index in [1.165, 1.54) is 0 Å². The van der Waals surface area contributed by atoms with Crippen LogP contribution in [-0.4, -0.2) is 53.1 Å². The minimum Gasteiger partial charge on any atom is -0.379 e. The molecule has 1 aromatic carbocycles. The Morgan fingerprint density at radius 1 is 1.26 bits per heavy atom. The van der Waals surface area contributed by atoms with Crippen molar-refractivity contribution in [1.29, 1.82) is 0 Å². The molecule has 124 valence electrons. The van der Waals surface area contributed by atoms with Gasteiger partial charge >= 0.3 is 0 Å². The highest BCUT2D eigenvalue weighted by Crippen LogP contribution is 2.21. The van der Waals surface area contributed by atoms with Crippen molar-refractivity contribution < 1.29 is 4.74 Å². The minimum atomic E-state index is 0.0551. The maximum Gasteiger partial charge on any atom is 0.262 e. The Labute approximate surface area is 140 Å². The molecule has 1 aromatic heterocycles. The van der Waals surface area contributed by atoms with E-state index in [-0.39, 0.29) is 11.6 Å². The predicted molar refractivity (Wildman–Crippen MR) is 94.4 cm³/mol. The highest BCUT2D eigenvalue weighted by molar-refractivity contribution is 7.99. The fourth-order valence-electron chi connectivity index (χ4n) is 2.77. The molecule has 2 heterocycles. The van der Waals surface area contributed by atoms with Crippen LogP contribution in [0, 0.1) is 0 Å². The molecule has 0 N–H and O–H groups in total. The van der Waals surface area contributed by atoms with Gasteiger partial charge in [-0.15, -0.1) is 0 Å². The summed E-state index contributed by atoms with van der Waals surface area (Å²) in [5, 5.41) is 1.51. The van der Waals surface area contributed by atoms with E-state index >= 15 is 0 Å². The van der Waals surface area contributed by atoms with Gasteiger partial charge in [0.15, 0.2) is 5.16 Å². The molecule has 5 nitrogen and oxygen atoms in total. The molecule has 1 saturated heterocycles. The molecule has 0 saturated carbocycles. The number of nitrogens with zero attached hydrogens (tertiary/aromatic N) is 3. The molecular formula is C17H23N3O2S. The maximum absolute atomic E-state index is 12.7. The van der Waals surface area contributed by atoms with Crippen LogP contribution in [0.2, 0.25) is 0 Å². The van der Waals surface area contributed by atoms with Crippen LogP contribution in [0.25, 0.3) is 10.9 Å². The highest BCUT2D eigenvalue weighted by atomic mass is 32.2. The number of para-hydroxylation sites is 1. The van der Waals surface area contributed by atoms with E-state index in [1.54, 1.807) is 11.8 Å². The van der Waals surface area contributed by atoms with Crippen molar-refractivity contribution in [3.05, 3.63) is 34.6 Å². The molecule has 0 atom stereocenters. The Bertz CT molecular complexity index is 723. The SMILES string of the molecule is CC(C)n1c(SCCN2CCOCC2)nc2ccccc2c1=O. The van der Waals surface area contributed by atoms with Crippen molar-refractivity contribution >= 4 is 22.7 Å². The standard InChI is InChI=1S/C17H23N3O2S/c1-13(2)20-16(21)14-5-3-4-6-15(14)18-17(20)23-12-9-19-7-10-22-11-8-19/h3-6,13H,7-12H2,1-2H3. The van der Waals surface area contributed by atoms with Crippen molar-refractivity contribution in [2.45, 2.75) is 25.0 Å². The van der Waals surface area contributed by atoms with E-state index in [0.29, 0.717) is 5.39 Å². The second kappa shape index (κ2) is 7.47. The zero-order valence-corrected chi connectivity index (χ0v) is 14.5. The smallest absolute Gasteiger partial charge is 0.262 e. The van der Waals surface area contributed by atoms with Gasteiger partial charge in [-0.25, -0.2) is 4.98 Å². The van der Waals surface area contributed by atoms with Crippen molar-refractivity contribution in [3.8, 4) is 0 Å². The summed E-state index contributed by atoms with van der Waals surface area (Å²) in [6.45, 7) is 8.67. The number of rotatable bonds is 5. The monoisotopic (exact) mass is 333 g/mol. The van der Waals surface area contributed by atoms with Gasteiger partial charge in [-0.3, -0.25) is 14.3 Å². The average Bonchev–Trinajstić information content (AvgIpc) is 2.55. The van der Waals surface area contributed by atoms with Crippen LogP contribution in [0.1, 0.15) is 19.9 Å². The van der Waals surface area contributed by atoms with E-state index in [4.69, 9.17) is 9.72 Å². The number of aromatic nitrogens is 2. The molecule has 2 aromatic rings. The third-order valence-corrected chi connectivity index (χ3v) is 4.97. The molecule has 0 spiro atoms. The molecule has 0 aliphatic carbocycles. The zero-order valence-electron chi connectivity index (χ0n) is 13.7. The van der Waals surface area contributed by atoms with Gasteiger partial charge in [-0.1, -0.05) is 23.9 Å². The number of ether oxygens (including phenoxy) is 1. The molecule has 0 bridgehead atoms. The van der Waals surface area contributed by atoms with Crippen molar-refractivity contribution in [2.75, 3.05) is 38.6 Å². The van der Waals surface area contributed by atoms with E-state index in [0.717, 1.165) is 49.3 Å². The van der Waals surface area contributed by atoms with Gasteiger partial charge in [0, 0.05) is 31.4 Å². The summed E-state index contributed by atoms with van der Waals surface area (Å²) in [6.07, 6.45) is 0. The Balaban J connectivity index is 1.81. The van der Waals surface area contributed by atoms with E-state index < -0.39 is 0 Å². The summed E-state index contributed by atoms with van der Waals surface area (Å²) >= 11 is 1.67. The first-order valence-corrected chi connectivity index (χ1v) is 9.09. The van der Waals surface area contributed by atoms with Gasteiger partial charge < -0.3 is 4.74 Å². The van der Waals surface area contributed by atoms with E-state index in [2.05, 4.69) is 4.90 Å². The maximum atomic E-state index is 12.7. The molecular weight excluding hydrogens is 310 g/mol. The molecule has 1 aliphatic rings. The van der Waals surface area contributed by atoms with Gasteiger partial charge in [0.2, 0.25) is 0 Å². The largest absolute Gasteiger partial charge is 0.379 e. The predicted octanol–water partition coefficient (Wildman–Crippen LogP) is 2.40. The first-order valence-electron chi connectivity index (χ1n) is 8.11. The van der Waals surface area contributed by atoms with Crippen LogP contribution in [0.4, 0.5) is 0 Å².